The molecule has 0 spiro atoms. The largest absolute Gasteiger partial charge is 0.496 e. The van der Waals surface area contributed by atoms with Crippen LogP contribution in [0, 0.1) is 0 Å². The number of para-hydroxylation sites is 1. The lowest BCUT2D eigenvalue weighted by atomic mass is 10.1. The van der Waals surface area contributed by atoms with Crippen LogP contribution in [0.5, 0.6) is 5.75 Å². The fourth-order valence-corrected chi connectivity index (χ4v) is 1.54. The Balaban J connectivity index is 2.42. The lowest BCUT2D eigenvalue weighted by Crippen LogP contribution is -2.31. The number of hydrogen-bond donors (Lipinski definition) is 1. The van der Waals surface area contributed by atoms with Gasteiger partial charge in [0.15, 0.2) is 0 Å². The van der Waals surface area contributed by atoms with Crippen LogP contribution >= 0.6 is 0 Å². The van der Waals surface area contributed by atoms with E-state index in [1.54, 1.807) is 6.07 Å². The Morgan fingerprint density at radius 3 is 2.56 bits per heavy atom. The first-order valence-corrected chi connectivity index (χ1v) is 5.44. The highest BCUT2D eigenvalue weighted by Crippen LogP contribution is 2.19. The summed E-state index contributed by atoms with van der Waals surface area (Å²) in [6, 6.07) is 6.74. The summed E-state index contributed by atoms with van der Waals surface area (Å²) in [5.74, 6) is 0.670. The number of rotatable bonds is 6. The number of alkyl halides is 3. The molecule has 0 saturated heterocycles. The molecule has 1 aromatic carbocycles. The Morgan fingerprint density at radius 1 is 1.28 bits per heavy atom. The molecular formula is C12H16F3NO2. The van der Waals surface area contributed by atoms with E-state index in [0.29, 0.717) is 12.2 Å². The van der Waals surface area contributed by atoms with Gasteiger partial charge in [-0.05, 0) is 18.1 Å². The van der Waals surface area contributed by atoms with E-state index in [4.69, 9.17) is 10.5 Å². The molecule has 1 rings (SSSR count). The van der Waals surface area contributed by atoms with Gasteiger partial charge in [0.2, 0.25) is 0 Å². The third kappa shape index (κ3) is 5.37. The zero-order valence-electron chi connectivity index (χ0n) is 10.0. The van der Waals surface area contributed by atoms with Crippen LogP contribution in [0.2, 0.25) is 0 Å². The first-order valence-electron chi connectivity index (χ1n) is 5.44. The zero-order chi connectivity index (χ0) is 13.6. The topological polar surface area (TPSA) is 44.5 Å². The summed E-state index contributed by atoms with van der Waals surface area (Å²) in [7, 11) is 1.53. The summed E-state index contributed by atoms with van der Waals surface area (Å²) in [5, 5.41) is 0. The van der Waals surface area contributed by atoms with Gasteiger partial charge in [0.05, 0.1) is 13.7 Å². The van der Waals surface area contributed by atoms with Crippen LogP contribution in [0.25, 0.3) is 0 Å². The summed E-state index contributed by atoms with van der Waals surface area (Å²) < 4.78 is 45.2. The third-order valence-corrected chi connectivity index (χ3v) is 2.27. The molecule has 0 fully saturated rings. The molecular weight excluding hydrogens is 247 g/mol. The fraction of sp³-hybridized carbons (Fsp3) is 0.500. The Kier molecular flexibility index (Phi) is 5.43. The molecule has 0 aliphatic carbocycles. The highest BCUT2D eigenvalue weighted by molar-refractivity contribution is 5.33. The molecule has 0 aliphatic heterocycles. The van der Waals surface area contributed by atoms with E-state index < -0.39 is 18.8 Å². The first kappa shape index (κ1) is 14.8. The van der Waals surface area contributed by atoms with E-state index >= 15 is 0 Å². The summed E-state index contributed by atoms with van der Waals surface area (Å²) in [6.07, 6.45) is -3.91. The van der Waals surface area contributed by atoms with Gasteiger partial charge in [-0.3, -0.25) is 0 Å². The van der Waals surface area contributed by atoms with Crippen molar-refractivity contribution in [2.24, 2.45) is 5.73 Å². The van der Waals surface area contributed by atoms with Crippen LogP contribution in [0.15, 0.2) is 24.3 Å². The van der Waals surface area contributed by atoms with Gasteiger partial charge in [0, 0.05) is 6.04 Å². The highest BCUT2D eigenvalue weighted by atomic mass is 19.4. The van der Waals surface area contributed by atoms with Gasteiger partial charge >= 0.3 is 6.18 Å². The van der Waals surface area contributed by atoms with Crippen molar-refractivity contribution in [3.05, 3.63) is 29.8 Å². The normalized spacial score (nSPS) is 13.4. The highest BCUT2D eigenvalue weighted by Gasteiger charge is 2.27. The van der Waals surface area contributed by atoms with Crippen molar-refractivity contribution in [3.8, 4) is 5.75 Å². The quantitative estimate of drug-likeness (QED) is 0.855. The number of halogens is 3. The molecule has 0 aliphatic rings. The summed E-state index contributed by atoms with van der Waals surface area (Å²) >= 11 is 0. The average Bonchev–Trinajstić information content (AvgIpc) is 2.28. The fourth-order valence-electron chi connectivity index (χ4n) is 1.54. The second-order valence-electron chi connectivity index (χ2n) is 3.91. The van der Waals surface area contributed by atoms with Crippen molar-refractivity contribution < 1.29 is 22.6 Å². The van der Waals surface area contributed by atoms with Crippen molar-refractivity contribution in [3.63, 3.8) is 0 Å². The van der Waals surface area contributed by atoms with E-state index in [0.717, 1.165) is 5.56 Å². The number of nitrogens with two attached hydrogens (primary N) is 1. The van der Waals surface area contributed by atoms with Crippen LogP contribution in [0.4, 0.5) is 13.2 Å². The van der Waals surface area contributed by atoms with Gasteiger partial charge in [0.25, 0.3) is 0 Å². The molecule has 1 atom stereocenters. The van der Waals surface area contributed by atoms with Crippen LogP contribution in [0.3, 0.4) is 0 Å². The number of ether oxygens (including phenoxy) is 2. The minimum Gasteiger partial charge on any atom is -0.496 e. The molecule has 0 radical (unpaired) electrons. The maximum Gasteiger partial charge on any atom is 0.411 e. The first-order chi connectivity index (χ1) is 8.42. The van der Waals surface area contributed by atoms with Crippen molar-refractivity contribution >= 4 is 0 Å². The van der Waals surface area contributed by atoms with Crippen molar-refractivity contribution in [1.82, 2.24) is 0 Å². The molecule has 0 saturated carbocycles. The molecule has 18 heavy (non-hydrogen) atoms. The summed E-state index contributed by atoms with van der Waals surface area (Å²) in [4.78, 5) is 0. The molecule has 0 aromatic heterocycles. The molecule has 0 heterocycles. The predicted octanol–water partition coefficient (Wildman–Crippen LogP) is 2.14. The van der Waals surface area contributed by atoms with Crippen LogP contribution in [0.1, 0.15) is 5.56 Å². The third-order valence-electron chi connectivity index (χ3n) is 2.27. The van der Waals surface area contributed by atoms with E-state index in [2.05, 4.69) is 4.74 Å². The molecule has 0 bridgehead atoms. The monoisotopic (exact) mass is 263 g/mol. The number of hydrogen-bond acceptors (Lipinski definition) is 3. The van der Waals surface area contributed by atoms with Crippen LogP contribution < -0.4 is 10.5 Å². The van der Waals surface area contributed by atoms with Crippen molar-refractivity contribution in [2.75, 3.05) is 20.3 Å². The minimum absolute atomic E-state index is 0.141. The van der Waals surface area contributed by atoms with Crippen molar-refractivity contribution in [2.45, 2.75) is 18.6 Å². The van der Waals surface area contributed by atoms with E-state index in [9.17, 15) is 13.2 Å². The Hall–Kier alpha value is -1.27. The second-order valence-corrected chi connectivity index (χ2v) is 3.91. The number of benzene rings is 1. The summed E-state index contributed by atoms with van der Waals surface area (Å²) in [6.45, 7) is -1.41. The van der Waals surface area contributed by atoms with E-state index in [1.807, 2.05) is 18.2 Å². The molecule has 1 aromatic rings. The number of methoxy groups -OCH3 is 1. The molecule has 3 nitrogen and oxygen atoms in total. The standard InChI is InChI=1S/C12H16F3NO2/c1-17-11-5-3-2-4-9(11)6-10(16)7-18-8-12(13,14)15/h2-5,10H,6-8,16H2,1H3. The van der Waals surface area contributed by atoms with Gasteiger partial charge in [-0.25, -0.2) is 0 Å². The maximum atomic E-state index is 11.9. The van der Waals surface area contributed by atoms with E-state index in [-0.39, 0.29) is 6.61 Å². The smallest absolute Gasteiger partial charge is 0.411 e. The molecule has 6 heteroatoms. The van der Waals surface area contributed by atoms with Crippen LogP contribution in [-0.2, 0) is 11.2 Å². The molecule has 2 N–H and O–H groups in total. The van der Waals surface area contributed by atoms with Gasteiger partial charge in [-0.1, -0.05) is 18.2 Å². The van der Waals surface area contributed by atoms with Gasteiger partial charge in [0.1, 0.15) is 12.4 Å². The Bertz CT molecular complexity index is 369. The van der Waals surface area contributed by atoms with E-state index in [1.165, 1.54) is 7.11 Å². The summed E-state index contributed by atoms with van der Waals surface area (Å²) in [5.41, 5.74) is 6.56. The van der Waals surface area contributed by atoms with Gasteiger partial charge < -0.3 is 15.2 Å². The second kappa shape index (κ2) is 6.61. The predicted molar refractivity (Wildman–Crippen MR) is 61.5 cm³/mol. The minimum atomic E-state index is -4.32. The SMILES string of the molecule is COc1ccccc1CC(N)COCC(F)(F)F. The molecule has 0 amide bonds. The van der Waals surface area contributed by atoms with Gasteiger partial charge in [-0.15, -0.1) is 0 Å². The average molecular weight is 263 g/mol. The Morgan fingerprint density at radius 2 is 1.94 bits per heavy atom. The lowest BCUT2D eigenvalue weighted by molar-refractivity contribution is -0.174. The van der Waals surface area contributed by atoms with Crippen molar-refractivity contribution in [1.29, 1.82) is 0 Å². The van der Waals surface area contributed by atoms with Crippen LogP contribution in [-0.4, -0.2) is 32.5 Å². The van der Waals surface area contributed by atoms with Gasteiger partial charge in [-0.2, -0.15) is 13.2 Å². The molecule has 102 valence electrons. The lowest BCUT2D eigenvalue weighted by Gasteiger charge is -2.15. The zero-order valence-corrected chi connectivity index (χ0v) is 10.0. The Labute approximate surface area is 104 Å². The molecule has 1 unspecified atom stereocenters. The maximum absolute atomic E-state index is 11.9.